The van der Waals surface area contributed by atoms with Crippen molar-refractivity contribution in [1.82, 2.24) is 25.5 Å². The number of amides is 1. The van der Waals surface area contributed by atoms with E-state index in [1.807, 2.05) is 48.5 Å². The third kappa shape index (κ3) is 3.65. The molecule has 1 aliphatic rings. The van der Waals surface area contributed by atoms with Gasteiger partial charge in [0.2, 0.25) is 0 Å². The van der Waals surface area contributed by atoms with Gasteiger partial charge in [-0.3, -0.25) is 9.89 Å². The number of para-hydroxylation sites is 2. The first-order chi connectivity index (χ1) is 16.7. The minimum atomic E-state index is -0.344. The van der Waals surface area contributed by atoms with Crippen molar-refractivity contribution in [1.29, 1.82) is 0 Å². The number of aromatic amines is 1. The van der Waals surface area contributed by atoms with Crippen molar-refractivity contribution in [3.63, 3.8) is 0 Å². The molecule has 1 fully saturated rings. The first kappa shape index (κ1) is 20.4. The molecule has 1 atom stereocenters. The number of rotatable bonds is 5. The van der Waals surface area contributed by atoms with Gasteiger partial charge in [0.1, 0.15) is 5.52 Å². The standard InChI is InChI=1S/C25H23N7O2/c26-17-10-12-32(14-17)23-21-18(9-11-27-22(21)30-31-23)16-7-5-15(6-8-16)13-28-24(33)25-29-19-3-1-2-4-20(19)34-25/h1-9,11,17H,10,12-14,26H2,(H,28,33)(H,27,30,31)/t17-/m1/s1. The normalized spacial score (nSPS) is 15.9. The van der Waals surface area contributed by atoms with Crippen molar-refractivity contribution in [2.75, 3.05) is 18.0 Å². The fourth-order valence-corrected chi connectivity index (χ4v) is 4.41. The maximum atomic E-state index is 12.5. The molecule has 34 heavy (non-hydrogen) atoms. The lowest BCUT2D eigenvalue weighted by molar-refractivity contribution is 0.0918. The molecule has 1 aliphatic heterocycles. The van der Waals surface area contributed by atoms with Gasteiger partial charge < -0.3 is 20.4 Å². The molecule has 5 aromatic rings. The van der Waals surface area contributed by atoms with Gasteiger partial charge in [0, 0.05) is 31.9 Å². The average molecular weight is 454 g/mol. The van der Waals surface area contributed by atoms with Gasteiger partial charge in [0.25, 0.3) is 5.89 Å². The van der Waals surface area contributed by atoms with Crippen molar-refractivity contribution in [3.8, 4) is 11.1 Å². The van der Waals surface area contributed by atoms with Crippen LogP contribution in [0.15, 0.2) is 65.2 Å². The fourth-order valence-electron chi connectivity index (χ4n) is 4.41. The average Bonchev–Trinajstić information content (AvgIpc) is 3.60. The fraction of sp³-hybridized carbons (Fsp3) is 0.200. The number of anilines is 1. The summed E-state index contributed by atoms with van der Waals surface area (Å²) in [6, 6.07) is 17.6. The van der Waals surface area contributed by atoms with E-state index < -0.39 is 0 Å². The molecule has 2 aromatic carbocycles. The zero-order valence-electron chi connectivity index (χ0n) is 18.4. The van der Waals surface area contributed by atoms with Gasteiger partial charge in [-0.1, -0.05) is 36.4 Å². The highest BCUT2D eigenvalue weighted by Gasteiger charge is 2.24. The van der Waals surface area contributed by atoms with Crippen LogP contribution in [0.25, 0.3) is 33.3 Å². The highest BCUT2D eigenvalue weighted by Crippen LogP contribution is 2.34. The highest BCUT2D eigenvalue weighted by molar-refractivity contribution is 6.00. The van der Waals surface area contributed by atoms with Gasteiger partial charge in [-0.2, -0.15) is 5.10 Å². The summed E-state index contributed by atoms with van der Waals surface area (Å²) < 4.78 is 5.54. The third-order valence-corrected chi connectivity index (χ3v) is 6.17. The number of nitrogens with zero attached hydrogens (tertiary/aromatic N) is 4. The van der Waals surface area contributed by atoms with E-state index in [-0.39, 0.29) is 17.8 Å². The number of benzene rings is 2. The molecule has 0 aliphatic carbocycles. The first-order valence-electron chi connectivity index (χ1n) is 11.2. The Bertz CT molecular complexity index is 1460. The van der Waals surface area contributed by atoms with Crippen LogP contribution in [0.2, 0.25) is 0 Å². The monoisotopic (exact) mass is 453 g/mol. The number of aromatic nitrogens is 4. The molecule has 3 aromatic heterocycles. The van der Waals surface area contributed by atoms with Crippen molar-refractivity contribution >= 4 is 33.9 Å². The Morgan fingerprint density at radius 1 is 1.18 bits per heavy atom. The van der Waals surface area contributed by atoms with Crippen LogP contribution in [0.4, 0.5) is 5.82 Å². The maximum absolute atomic E-state index is 12.5. The lowest BCUT2D eigenvalue weighted by atomic mass is 10.0. The van der Waals surface area contributed by atoms with Crippen molar-refractivity contribution in [2.24, 2.45) is 5.73 Å². The number of H-pyrrole nitrogens is 1. The summed E-state index contributed by atoms with van der Waals surface area (Å²) in [6.07, 6.45) is 2.73. The summed E-state index contributed by atoms with van der Waals surface area (Å²) in [5, 5.41) is 11.4. The van der Waals surface area contributed by atoms with Gasteiger partial charge >= 0.3 is 5.91 Å². The van der Waals surface area contributed by atoms with Crippen molar-refractivity contribution < 1.29 is 9.21 Å². The number of nitrogens with two attached hydrogens (primary N) is 1. The lowest BCUT2D eigenvalue weighted by Gasteiger charge is -2.16. The van der Waals surface area contributed by atoms with Crippen LogP contribution in [0.1, 0.15) is 22.7 Å². The number of nitrogens with one attached hydrogen (secondary N) is 2. The SMILES string of the molecule is N[C@@H]1CCN(c2n[nH]c3nccc(-c4ccc(CNC(=O)c5nc6ccccc6o5)cc4)c23)C1. The molecule has 0 radical (unpaired) electrons. The molecule has 9 heteroatoms. The van der Waals surface area contributed by atoms with Crippen LogP contribution in [0.3, 0.4) is 0 Å². The Kier molecular flexibility index (Phi) is 4.96. The summed E-state index contributed by atoms with van der Waals surface area (Å²) in [7, 11) is 0. The number of hydrogen-bond donors (Lipinski definition) is 3. The van der Waals surface area contributed by atoms with Gasteiger partial charge in [-0.15, -0.1) is 0 Å². The molecule has 1 amide bonds. The lowest BCUT2D eigenvalue weighted by Crippen LogP contribution is -2.26. The van der Waals surface area contributed by atoms with Crippen LogP contribution < -0.4 is 16.0 Å². The number of carbonyl (C=O) groups excluding carboxylic acids is 1. The second-order valence-electron chi connectivity index (χ2n) is 8.49. The Balaban J connectivity index is 1.21. The smallest absolute Gasteiger partial charge is 0.307 e. The van der Waals surface area contributed by atoms with E-state index in [2.05, 4.69) is 30.4 Å². The maximum Gasteiger partial charge on any atom is 0.307 e. The molecule has 6 rings (SSSR count). The zero-order chi connectivity index (χ0) is 23.1. The number of oxazole rings is 1. The Morgan fingerprint density at radius 3 is 2.82 bits per heavy atom. The number of fused-ring (bicyclic) bond motifs is 2. The first-order valence-corrected chi connectivity index (χ1v) is 11.2. The van der Waals surface area contributed by atoms with E-state index in [4.69, 9.17) is 10.2 Å². The van der Waals surface area contributed by atoms with Crippen LogP contribution >= 0.6 is 0 Å². The van der Waals surface area contributed by atoms with Gasteiger partial charge in [0.15, 0.2) is 17.0 Å². The van der Waals surface area contributed by atoms with Gasteiger partial charge in [-0.05, 0) is 41.3 Å². The summed E-state index contributed by atoms with van der Waals surface area (Å²) >= 11 is 0. The molecule has 1 saturated heterocycles. The molecule has 0 bridgehead atoms. The predicted octanol–water partition coefficient (Wildman–Crippen LogP) is 3.23. The molecular weight excluding hydrogens is 430 g/mol. The minimum Gasteiger partial charge on any atom is -0.432 e. The molecule has 0 unspecified atom stereocenters. The minimum absolute atomic E-state index is 0.0612. The Hall–Kier alpha value is -4.24. The third-order valence-electron chi connectivity index (χ3n) is 6.17. The van der Waals surface area contributed by atoms with Crippen LogP contribution in [-0.4, -0.2) is 45.2 Å². The van der Waals surface area contributed by atoms with E-state index in [0.717, 1.165) is 53.1 Å². The topological polar surface area (TPSA) is 126 Å². The van der Waals surface area contributed by atoms with E-state index in [1.165, 1.54) is 0 Å². The Morgan fingerprint density at radius 2 is 2.03 bits per heavy atom. The molecular formula is C25H23N7O2. The number of pyridine rings is 1. The molecule has 0 spiro atoms. The molecule has 170 valence electrons. The number of hydrogen-bond acceptors (Lipinski definition) is 7. The molecule has 9 nitrogen and oxygen atoms in total. The molecule has 4 heterocycles. The second-order valence-corrected chi connectivity index (χ2v) is 8.49. The van der Waals surface area contributed by atoms with E-state index >= 15 is 0 Å². The largest absolute Gasteiger partial charge is 0.432 e. The van der Waals surface area contributed by atoms with Crippen molar-refractivity contribution in [3.05, 3.63) is 72.2 Å². The summed E-state index contributed by atoms with van der Waals surface area (Å²) in [5.41, 5.74) is 11.2. The highest BCUT2D eigenvalue weighted by atomic mass is 16.4. The summed E-state index contributed by atoms with van der Waals surface area (Å²) in [4.78, 5) is 23.4. The predicted molar refractivity (Wildman–Crippen MR) is 129 cm³/mol. The van der Waals surface area contributed by atoms with Crippen LogP contribution in [0.5, 0.6) is 0 Å². The molecule has 0 saturated carbocycles. The zero-order valence-corrected chi connectivity index (χ0v) is 18.4. The van der Waals surface area contributed by atoms with Gasteiger partial charge in [0.05, 0.1) is 5.39 Å². The van der Waals surface area contributed by atoms with E-state index in [1.54, 1.807) is 12.3 Å². The summed E-state index contributed by atoms with van der Waals surface area (Å²) in [5.74, 6) is 0.606. The van der Waals surface area contributed by atoms with Crippen LogP contribution in [0, 0.1) is 0 Å². The quantitative estimate of drug-likeness (QED) is 0.373. The Labute approximate surface area is 195 Å². The van der Waals surface area contributed by atoms with Gasteiger partial charge in [-0.25, -0.2) is 9.97 Å². The summed E-state index contributed by atoms with van der Waals surface area (Å²) in [6.45, 7) is 2.04. The molecule has 4 N–H and O–H groups in total. The van der Waals surface area contributed by atoms with E-state index in [9.17, 15) is 4.79 Å². The number of carbonyl (C=O) groups is 1. The second kappa shape index (κ2) is 8.27. The van der Waals surface area contributed by atoms with E-state index in [0.29, 0.717) is 17.6 Å². The van der Waals surface area contributed by atoms with Crippen molar-refractivity contribution in [2.45, 2.75) is 19.0 Å². The van der Waals surface area contributed by atoms with Crippen LogP contribution in [-0.2, 0) is 6.54 Å².